The summed E-state index contributed by atoms with van der Waals surface area (Å²) in [7, 11) is 1.57. The van der Waals surface area contributed by atoms with Crippen molar-refractivity contribution in [3.8, 4) is 5.75 Å². The van der Waals surface area contributed by atoms with Gasteiger partial charge in [0.15, 0.2) is 0 Å². The van der Waals surface area contributed by atoms with Gasteiger partial charge in [-0.15, -0.1) is 0 Å². The first kappa shape index (κ1) is 28.7. The fraction of sp³-hybridized carbons (Fsp3) is 0.370. The number of nitrogens with one attached hydrogen (secondary N) is 2. The topological polar surface area (TPSA) is 118 Å². The molecule has 1 unspecified atom stereocenters. The predicted molar refractivity (Wildman–Crippen MR) is 147 cm³/mol. The molecule has 1 fully saturated rings. The number of aliphatic hydroxyl groups is 1. The van der Waals surface area contributed by atoms with Crippen molar-refractivity contribution in [2.45, 2.75) is 12.5 Å². The standard InChI is InChI=1S/C27H31ClFN5O5/c1-37-11-12-39-25-15-23-20(27(31-17-30-23)32-18-4-5-22(29)21(28)13-18)14-24(25)33-26(36)3-2-7-34-8-6-19(16-34)38-10-9-35/h2-5,13-15,17,19,35H,6-12,16H2,1H3,(H,33,36)(H,30,31,32)/b3-2+. The highest BCUT2D eigenvalue weighted by atomic mass is 35.5. The number of nitrogens with zero attached hydrogens (tertiary/aromatic N) is 3. The summed E-state index contributed by atoms with van der Waals surface area (Å²) in [5.41, 5.74) is 1.55. The number of anilines is 3. The van der Waals surface area contributed by atoms with Crippen LogP contribution in [0.2, 0.25) is 5.02 Å². The van der Waals surface area contributed by atoms with E-state index in [-0.39, 0.29) is 30.2 Å². The van der Waals surface area contributed by atoms with E-state index in [2.05, 4.69) is 25.5 Å². The second-order valence-corrected chi connectivity index (χ2v) is 9.25. The molecule has 3 aromatic rings. The Labute approximate surface area is 230 Å². The molecule has 1 aliphatic rings. The number of carbonyl (C=O) groups is 1. The molecule has 3 N–H and O–H groups in total. The normalized spacial score (nSPS) is 15.7. The van der Waals surface area contributed by atoms with E-state index in [0.29, 0.717) is 53.6 Å². The van der Waals surface area contributed by atoms with E-state index in [4.69, 9.17) is 30.9 Å². The van der Waals surface area contributed by atoms with Crippen LogP contribution in [0.5, 0.6) is 5.75 Å². The van der Waals surface area contributed by atoms with Gasteiger partial charge in [-0.3, -0.25) is 9.69 Å². The van der Waals surface area contributed by atoms with Crippen LogP contribution < -0.4 is 15.4 Å². The lowest BCUT2D eigenvalue weighted by atomic mass is 10.1. The minimum Gasteiger partial charge on any atom is -0.489 e. The molecule has 0 aliphatic carbocycles. The Kier molecular flexibility index (Phi) is 10.4. The van der Waals surface area contributed by atoms with Crippen molar-refractivity contribution >= 4 is 45.6 Å². The van der Waals surface area contributed by atoms with Crippen LogP contribution in [-0.2, 0) is 14.3 Å². The molecule has 0 bridgehead atoms. The average molecular weight is 560 g/mol. The van der Waals surface area contributed by atoms with Gasteiger partial charge in [0.25, 0.3) is 0 Å². The van der Waals surface area contributed by atoms with Crippen LogP contribution in [0.15, 0.2) is 48.8 Å². The third kappa shape index (κ3) is 8.07. The number of halogens is 2. The third-order valence-electron chi connectivity index (χ3n) is 6.03. The van der Waals surface area contributed by atoms with Crippen LogP contribution in [-0.4, -0.2) is 85.2 Å². The number of amides is 1. The van der Waals surface area contributed by atoms with Crippen molar-refractivity contribution in [3.63, 3.8) is 0 Å². The van der Waals surface area contributed by atoms with Gasteiger partial charge in [-0.05, 0) is 30.7 Å². The van der Waals surface area contributed by atoms with E-state index in [0.717, 1.165) is 19.5 Å². The average Bonchev–Trinajstić information content (AvgIpc) is 3.38. The molecule has 4 rings (SSSR count). The second-order valence-electron chi connectivity index (χ2n) is 8.84. The van der Waals surface area contributed by atoms with Crippen molar-refractivity contribution in [2.24, 2.45) is 0 Å². The maximum Gasteiger partial charge on any atom is 0.248 e. The van der Waals surface area contributed by atoms with E-state index >= 15 is 0 Å². The maximum atomic E-state index is 13.6. The number of benzene rings is 2. The Hall–Kier alpha value is -3.35. The molecule has 12 heteroatoms. The first-order chi connectivity index (χ1) is 19.0. The van der Waals surface area contributed by atoms with Crippen LogP contribution in [0, 0.1) is 5.82 Å². The Balaban J connectivity index is 1.50. The molecule has 1 aromatic heterocycles. The van der Waals surface area contributed by atoms with Gasteiger partial charge < -0.3 is 30.0 Å². The number of rotatable bonds is 13. The number of methoxy groups -OCH3 is 1. The number of ether oxygens (including phenoxy) is 3. The van der Waals surface area contributed by atoms with Gasteiger partial charge >= 0.3 is 0 Å². The Bertz CT molecular complexity index is 1310. The van der Waals surface area contributed by atoms with Crippen LogP contribution in [0.4, 0.5) is 21.6 Å². The number of fused-ring (bicyclic) bond motifs is 1. The monoisotopic (exact) mass is 559 g/mol. The lowest BCUT2D eigenvalue weighted by molar-refractivity contribution is -0.111. The molecular formula is C27H31ClFN5O5. The van der Waals surface area contributed by atoms with Crippen LogP contribution >= 0.6 is 11.6 Å². The zero-order chi connectivity index (χ0) is 27.6. The highest BCUT2D eigenvalue weighted by Crippen LogP contribution is 2.34. The molecular weight excluding hydrogens is 529 g/mol. The summed E-state index contributed by atoms with van der Waals surface area (Å²) in [4.78, 5) is 23.6. The number of hydrogen-bond donors (Lipinski definition) is 3. The summed E-state index contributed by atoms with van der Waals surface area (Å²) in [6, 6.07) is 7.71. The largest absolute Gasteiger partial charge is 0.489 e. The zero-order valence-corrected chi connectivity index (χ0v) is 22.3. The van der Waals surface area contributed by atoms with Crippen molar-refractivity contribution in [1.82, 2.24) is 14.9 Å². The van der Waals surface area contributed by atoms with Gasteiger partial charge in [-0.1, -0.05) is 17.7 Å². The van der Waals surface area contributed by atoms with Gasteiger partial charge in [0.1, 0.15) is 30.3 Å². The van der Waals surface area contributed by atoms with E-state index in [1.54, 1.807) is 31.4 Å². The molecule has 1 saturated heterocycles. The number of hydrogen-bond acceptors (Lipinski definition) is 9. The summed E-state index contributed by atoms with van der Waals surface area (Å²) in [6.07, 6.45) is 5.66. The predicted octanol–water partition coefficient (Wildman–Crippen LogP) is 3.77. The summed E-state index contributed by atoms with van der Waals surface area (Å²) < 4.78 is 30.1. The summed E-state index contributed by atoms with van der Waals surface area (Å²) >= 11 is 5.93. The fourth-order valence-electron chi connectivity index (χ4n) is 4.15. The van der Waals surface area contributed by atoms with Gasteiger partial charge in [0.2, 0.25) is 5.91 Å². The van der Waals surface area contributed by atoms with Crippen LogP contribution in [0.25, 0.3) is 10.9 Å². The van der Waals surface area contributed by atoms with E-state index in [1.807, 2.05) is 0 Å². The first-order valence-electron chi connectivity index (χ1n) is 12.5. The Morgan fingerprint density at radius 3 is 2.92 bits per heavy atom. The molecule has 1 atom stereocenters. The van der Waals surface area contributed by atoms with Gasteiger partial charge in [-0.25, -0.2) is 14.4 Å². The number of likely N-dealkylation sites (tertiary alicyclic amines) is 1. The van der Waals surface area contributed by atoms with E-state index in [9.17, 15) is 9.18 Å². The minimum atomic E-state index is -0.523. The van der Waals surface area contributed by atoms with E-state index in [1.165, 1.54) is 24.5 Å². The van der Waals surface area contributed by atoms with Crippen molar-refractivity contribution in [2.75, 3.05) is 63.8 Å². The van der Waals surface area contributed by atoms with Crippen molar-refractivity contribution < 1.29 is 28.5 Å². The number of carbonyl (C=O) groups excluding carboxylic acids is 1. The Morgan fingerprint density at radius 1 is 1.26 bits per heavy atom. The lowest BCUT2D eigenvalue weighted by Crippen LogP contribution is -2.24. The van der Waals surface area contributed by atoms with Gasteiger partial charge in [0, 0.05) is 50.0 Å². The summed E-state index contributed by atoms with van der Waals surface area (Å²) in [5.74, 6) is 0.0310. The lowest BCUT2D eigenvalue weighted by Gasteiger charge is -2.15. The van der Waals surface area contributed by atoms with Crippen LogP contribution in [0.3, 0.4) is 0 Å². The molecule has 10 nitrogen and oxygen atoms in total. The van der Waals surface area contributed by atoms with Gasteiger partial charge in [0.05, 0.1) is 42.2 Å². The maximum absolute atomic E-state index is 13.6. The molecule has 2 aromatic carbocycles. The molecule has 1 amide bonds. The molecule has 2 heterocycles. The van der Waals surface area contributed by atoms with Crippen LogP contribution in [0.1, 0.15) is 6.42 Å². The summed E-state index contributed by atoms with van der Waals surface area (Å²) in [6.45, 7) is 3.20. The number of aliphatic hydroxyl groups excluding tert-OH is 1. The zero-order valence-electron chi connectivity index (χ0n) is 21.5. The molecule has 0 saturated carbocycles. The quantitative estimate of drug-likeness (QED) is 0.212. The second kappa shape index (κ2) is 14.2. The highest BCUT2D eigenvalue weighted by Gasteiger charge is 2.21. The Morgan fingerprint density at radius 2 is 2.13 bits per heavy atom. The van der Waals surface area contributed by atoms with Crippen molar-refractivity contribution in [3.05, 3.63) is 59.7 Å². The van der Waals surface area contributed by atoms with Crippen molar-refractivity contribution in [1.29, 1.82) is 0 Å². The minimum absolute atomic E-state index is 0.00673. The number of aromatic nitrogens is 2. The van der Waals surface area contributed by atoms with E-state index < -0.39 is 5.82 Å². The third-order valence-corrected chi connectivity index (χ3v) is 6.32. The summed E-state index contributed by atoms with van der Waals surface area (Å²) in [5, 5.41) is 15.5. The molecule has 208 valence electrons. The highest BCUT2D eigenvalue weighted by molar-refractivity contribution is 6.31. The first-order valence-corrected chi connectivity index (χ1v) is 12.9. The van der Waals surface area contributed by atoms with Gasteiger partial charge in [-0.2, -0.15) is 0 Å². The molecule has 1 aliphatic heterocycles. The molecule has 0 radical (unpaired) electrons. The molecule has 0 spiro atoms. The smallest absolute Gasteiger partial charge is 0.248 e. The fourth-order valence-corrected chi connectivity index (χ4v) is 4.33. The SMILES string of the molecule is COCCOc1cc2ncnc(Nc3ccc(F)c(Cl)c3)c2cc1NC(=O)/C=C/CN1CCC(OCCO)C1. The molecule has 39 heavy (non-hydrogen) atoms.